The first-order valence-corrected chi connectivity index (χ1v) is 7.38. The molecule has 0 unspecified atom stereocenters. The van der Waals surface area contributed by atoms with E-state index in [1.54, 1.807) is 7.11 Å². The lowest BCUT2D eigenvalue weighted by Gasteiger charge is -2.41. The fourth-order valence-electron chi connectivity index (χ4n) is 3.27. The molecule has 0 atom stereocenters. The zero-order valence-electron chi connectivity index (χ0n) is 12.0. The van der Waals surface area contributed by atoms with Gasteiger partial charge in [0.2, 0.25) is 0 Å². The van der Waals surface area contributed by atoms with E-state index in [4.69, 9.17) is 4.74 Å². The van der Waals surface area contributed by atoms with E-state index in [0.29, 0.717) is 5.41 Å². The highest BCUT2D eigenvalue weighted by Crippen LogP contribution is 2.34. The maximum atomic E-state index is 5.21. The molecule has 1 fully saturated rings. The molecule has 2 rings (SSSR count). The summed E-state index contributed by atoms with van der Waals surface area (Å²) in [6.07, 6.45) is 7.56. The van der Waals surface area contributed by atoms with Crippen LogP contribution in [0.4, 0.5) is 0 Å². The van der Waals surface area contributed by atoms with Gasteiger partial charge in [0, 0.05) is 26.7 Å². The van der Waals surface area contributed by atoms with Gasteiger partial charge >= 0.3 is 0 Å². The van der Waals surface area contributed by atoms with E-state index in [2.05, 4.69) is 23.2 Å². The summed E-state index contributed by atoms with van der Waals surface area (Å²) in [5, 5.41) is 3.49. The first kappa shape index (κ1) is 14.0. The Morgan fingerprint density at radius 2 is 2.17 bits per heavy atom. The van der Waals surface area contributed by atoms with E-state index in [1.807, 2.05) is 0 Å². The number of hydrogen-bond donors (Lipinski definition) is 1. The summed E-state index contributed by atoms with van der Waals surface area (Å²) < 4.78 is 5.21. The molecule has 1 N–H and O–H groups in total. The van der Waals surface area contributed by atoms with Crippen molar-refractivity contribution in [2.24, 2.45) is 5.41 Å². The topological polar surface area (TPSA) is 24.5 Å². The lowest BCUT2D eigenvalue weighted by atomic mass is 9.76. The summed E-state index contributed by atoms with van der Waals surface area (Å²) in [5.74, 6) is 0. The van der Waals surface area contributed by atoms with Gasteiger partial charge in [0.1, 0.15) is 0 Å². The lowest BCUT2D eigenvalue weighted by molar-refractivity contribution is 0.109. The molecule has 2 aliphatic rings. The van der Waals surface area contributed by atoms with Gasteiger partial charge in [-0.3, -0.25) is 4.90 Å². The number of rotatable bonds is 5. The van der Waals surface area contributed by atoms with Gasteiger partial charge in [-0.2, -0.15) is 0 Å². The number of methoxy groups -OCH3 is 1. The second kappa shape index (κ2) is 6.69. The Balaban J connectivity index is 1.86. The van der Waals surface area contributed by atoms with Gasteiger partial charge in [0.25, 0.3) is 0 Å². The van der Waals surface area contributed by atoms with Crippen LogP contribution in [-0.4, -0.2) is 51.3 Å². The molecule has 0 aromatic rings. The number of ether oxygens (including phenoxy) is 1. The number of piperidine rings is 1. The Kier molecular flexibility index (Phi) is 5.22. The van der Waals surface area contributed by atoms with Gasteiger partial charge in [0.05, 0.1) is 6.61 Å². The fraction of sp³-hybridized carbons (Fsp3) is 0.867. The van der Waals surface area contributed by atoms with Crippen molar-refractivity contribution in [1.29, 1.82) is 0 Å². The van der Waals surface area contributed by atoms with E-state index in [-0.39, 0.29) is 0 Å². The van der Waals surface area contributed by atoms with E-state index in [1.165, 1.54) is 57.4 Å². The molecule has 0 amide bonds. The molecule has 0 aromatic carbocycles. The van der Waals surface area contributed by atoms with Crippen molar-refractivity contribution in [2.75, 3.05) is 46.4 Å². The second-order valence-corrected chi connectivity index (χ2v) is 5.88. The van der Waals surface area contributed by atoms with E-state index in [0.717, 1.165) is 13.2 Å². The minimum absolute atomic E-state index is 0.567. The standard InChI is InChI=1S/C15H28N2O/c1-3-15(6-8-16-9-7-15)13-17-10-4-14(5-11-17)12-18-2/h4,16H,3,5-13H2,1-2H3. The molecule has 3 heteroatoms. The van der Waals surface area contributed by atoms with Gasteiger partial charge in [-0.05, 0) is 49.8 Å². The average molecular weight is 252 g/mol. The van der Waals surface area contributed by atoms with Crippen LogP contribution in [-0.2, 0) is 4.74 Å². The average Bonchev–Trinajstić information content (AvgIpc) is 2.42. The van der Waals surface area contributed by atoms with Gasteiger partial charge in [-0.1, -0.05) is 13.0 Å². The molecule has 1 saturated heterocycles. The lowest BCUT2D eigenvalue weighted by Crippen LogP contribution is -2.45. The summed E-state index contributed by atoms with van der Waals surface area (Å²) >= 11 is 0. The van der Waals surface area contributed by atoms with Crippen LogP contribution in [0.25, 0.3) is 0 Å². The summed E-state index contributed by atoms with van der Waals surface area (Å²) in [6.45, 7) is 9.19. The number of nitrogens with zero attached hydrogens (tertiary/aromatic N) is 1. The van der Waals surface area contributed by atoms with Crippen molar-refractivity contribution in [1.82, 2.24) is 10.2 Å². The Labute approximate surface area is 112 Å². The minimum Gasteiger partial charge on any atom is -0.380 e. The van der Waals surface area contributed by atoms with E-state index in [9.17, 15) is 0 Å². The Morgan fingerprint density at radius 3 is 2.72 bits per heavy atom. The van der Waals surface area contributed by atoms with Crippen LogP contribution >= 0.6 is 0 Å². The Bertz CT molecular complexity index is 282. The van der Waals surface area contributed by atoms with Crippen molar-refractivity contribution in [3.63, 3.8) is 0 Å². The molecule has 2 heterocycles. The Morgan fingerprint density at radius 1 is 1.39 bits per heavy atom. The summed E-state index contributed by atoms with van der Waals surface area (Å²) in [7, 11) is 1.79. The van der Waals surface area contributed by atoms with Crippen molar-refractivity contribution >= 4 is 0 Å². The first-order chi connectivity index (χ1) is 8.78. The van der Waals surface area contributed by atoms with Crippen LogP contribution in [0.1, 0.15) is 32.6 Å². The predicted molar refractivity (Wildman–Crippen MR) is 75.8 cm³/mol. The third kappa shape index (κ3) is 3.56. The van der Waals surface area contributed by atoms with Crippen molar-refractivity contribution < 1.29 is 4.74 Å². The fourth-order valence-corrected chi connectivity index (χ4v) is 3.27. The first-order valence-electron chi connectivity index (χ1n) is 7.38. The van der Waals surface area contributed by atoms with Crippen LogP contribution in [0, 0.1) is 5.41 Å². The van der Waals surface area contributed by atoms with Crippen LogP contribution in [0.15, 0.2) is 11.6 Å². The maximum absolute atomic E-state index is 5.21. The third-order valence-corrected chi connectivity index (χ3v) is 4.69. The maximum Gasteiger partial charge on any atom is 0.0673 e. The van der Waals surface area contributed by atoms with Crippen molar-refractivity contribution in [3.05, 3.63) is 11.6 Å². The zero-order chi connectivity index (χ0) is 12.8. The third-order valence-electron chi connectivity index (χ3n) is 4.69. The highest BCUT2D eigenvalue weighted by molar-refractivity contribution is 5.08. The minimum atomic E-state index is 0.567. The molecule has 104 valence electrons. The predicted octanol–water partition coefficient (Wildman–Crippen LogP) is 2.04. The van der Waals surface area contributed by atoms with E-state index < -0.39 is 0 Å². The van der Waals surface area contributed by atoms with Gasteiger partial charge in [-0.25, -0.2) is 0 Å². The van der Waals surface area contributed by atoms with Crippen molar-refractivity contribution in [2.45, 2.75) is 32.6 Å². The van der Waals surface area contributed by atoms with Gasteiger partial charge in [-0.15, -0.1) is 0 Å². The largest absolute Gasteiger partial charge is 0.380 e. The summed E-state index contributed by atoms with van der Waals surface area (Å²) in [5.41, 5.74) is 2.04. The molecular weight excluding hydrogens is 224 g/mol. The smallest absolute Gasteiger partial charge is 0.0673 e. The van der Waals surface area contributed by atoms with Crippen molar-refractivity contribution in [3.8, 4) is 0 Å². The molecule has 0 aromatic heterocycles. The molecule has 18 heavy (non-hydrogen) atoms. The molecule has 3 nitrogen and oxygen atoms in total. The molecule has 0 spiro atoms. The van der Waals surface area contributed by atoms with Crippen LogP contribution in [0.3, 0.4) is 0 Å². The molecule has 0 aliphatic carbocycles. The molecular formula is C15H28N2O. The number of nitrogens with one attached hydrogen (secondary N) is 1. The normalized spacial score (nSPS) is 24.9. The molecule has 0 bridgehead atoms. The zero-order valence-corrected chi connectivity index (χ0v) is 12.0. The molecule has 2 aliphatic heterocycles. The molecule has 0 saturated carbocycles. The van der Waals surface area contributed by atoms with E-state index >= 15 is 0 Å². The van der Waals surface area contributed by atoms with Gasteiger partial charge in [0.15, 0.2) is 0 Å². The van der Waals surface area contributed by atoms with Crippen LogP contribution in [0.2, 0.25) is 0 Å². The highest BCUT2D eigenvalue weighted by atomic mass is 16.5. The van der Waals surface area contributed by atoms with Crippen LogP contribution in [0.5, 0.6) is 0 Å². The molecule has 0 radical (unpaired) electrons. The summed E-state index contributed by atoms with van der Waals surface area (Å²) in [6, 6.07) is 0. The highest BCUT2D eigenvalue weighted by Gasteiger charge is 2.32. The second-order valence-electron chi connectivity index (χ2n) is 5.88. The SMILES string of the molecule is CCC1(CN2CC=C(COC)CC2)CCNCC1. The summed E-state index contributed by atoms with van der Waals surface area (Å²) in [4.78, 5) is 2.63. The quantitative estimate of drug-likeness (QED) is 0.758. The number of hydrogen-bond acceptors (Lipinski definition) is 3. The van der Waals surface area contributed by atoms with Crippen LogP contribution < -0.4 is 5.32 Å². The monoisotopic (exact) mass is 252 g/mol. The van der Waals surface area contributed by atoms with Gasteiger partial charge < -0.3 is 10.1 Å². The Hall–Kier alpha value is -0.380.